The summed E-state index contributed by atoms with van der Waals surface area (Å²) in [4.78, 5) is 4.48. The summed E-state index contributed by atoms with van der Waals surface area (Å²) in [6.07, 6.45) is 1.48. The number of hydrogen-bond donors (Lipinski definition) is 2. The summed E-state index contributed by atoms with van der Waals surface area (Å²) in [7, 11) is -2.17. The minimum Gasteiger partial charge on any atom is -0.496 e. The van der Waals surface area contributed by atoms with Crippen molar-refractivity contribution >= 4 is 27.2 Å². The van der Waals surface area contributed by atoms with E-state index in [1.165, 1.54) is 6.20 Å². The number of hydrogen-bond acceptors (Lipinski definition) is 5. The van der Waals surface area contributed by atoms with Gasteiger partial charge in [-0.3, -0.25) is 4.72 Å². The van der Waals surface area contributed by atoms with E-state index in [1.807, 2.05) is 37.3 Å². The topological polar surface area (TPSA) is 80.3 Å². The van der Waals surface area contributed by atoms with Crippen LogP contribution in [0.15, 0.2) is 65.7 Å². The highest BCUT2D eigenvalue weighted by Crippen LogP contribution is 2.27. The average molecular weight is 383 g/mol. The van der Waals surface area contributed by atoms with Gasteiger partial charge in [0.05, 0.1) is 23.9 Å². The van der Waals surface area contributed by atoms with Gasteiger partial charge in [-0.15, -0.1) is 0 Å². The van der Waals surface area contributed by atoms with Crippen LogP contribution < -0.4 is 14.8 Å². The maximum Gasteiger partial charge on any atom is 0.262 e. The lowest BCUT2D eigenvalue weighted by atomic mass is 10.1. The second-order valence-corrected chi connectivity index (χ2v) is 7.77. The molecule has 0 saturated heterocycles. The lowest BCUT2D eigenvalue weighted by Gasteiger charge is -2.13. The van der Waals surface area contributed by atoms with Crippen LogP contribution in [0.4, 0.5) is 17.2 Å². The van der Waals surface area contributed by atoms with Gasteiger partial charge in [-0.2, -0.15) is 0 Å². The van der Waals surface area contributed by atoms with Crippen molar-refractivity contribution in [3.8, 4) is 5.75 Å². The fourth-order valence-electron chi connectivity index (χ4n) is 2.68. The molecular weight excluding hydrogens is 362 g/mol. The van der Waals surface area contributed by atoms with Crippen LogP contribution in [0.1, 0.15) is 11.1 Å². The molecule has 0 unspecified atom stereocenters. The first-order valence-corrected chi connectivity index (χ1v) is 9.83. The third kappa shape index (κ3) is 4.38. The first kappa shape index (κ1) is 18.7. The molecule has 2 N–H and O–H groups in total. The molecule has 0 atom stereocenters. The van der Waals surface area contributed by atoms with Crippen LogP contribution in [0, 0.1) is 13.8 Å². The van der Waals surface area contributed by atoms with Crippen molar-refractivity contribution in [2.45, 2.75) is 18.7 Å². The number of anilines is 3. The monoisotopic (exact) mass is 383 g/mol. The van der Waals surface area contributed by atoms with Crippen LogP contribution in [0.2, 0.25) is 0 Å². The summed E-state index contributed by atoms with van der Waals surface area (Å²) in [6, 6.07) is 16.3. The van der Waals surface area contributed by atoms with Gasteiger partial charge in [-0.05, 0) is 61.4 Å². The van der Waals surface area contributed by atoms with Gasteiger partial charge < -0.3 is 10.1 Å². The fraction of sp³-hybridized carbons (Fsp3) is 0.150. The predicted molar refractivity (Wildman–Crippen MR) is 107 cm³/mol. The molecule has 1 aromatic heterocycles. The van der Waals surface area contributed by atoms with Crippen molar-refractivity contribution in [2.75, 3.05) is 17.1 Å². The van der Waals surface area contributed by atoms with E-state index in [0.29, 0.717) is 22.8 Å². The number of nitrogens with one attached hydrogen (secondary N) is 2. The summed E-state index contributed by atoms with van der Waals surface area (Å²) in [5.74, 6) is 1.28. The molecule has 2 aromatic carbocycles. The highest BCUT2D eigenvalue weighted by atomic mass is 32.2. The largest absolute Gasteiger partial charge is 0.496 e. The Labute approximate surface area is 159 Å². The predicted octanol–water partition coefficient (Wildman–Crippen LogP) is 4.25. The molecule has 0 aliphatic heterocycles. The van der Waals surface area contributed by atoms with Crippen molar-refractivity contribution < 1.29 is 13.2 Å². The number of sulfonamides is 1. The Morgan fingerprint density at radius 2 is 1.67 bits per heavy atom. The molecule has 7 heteroatoms. The summed E-state index contributed by atoms with van der Waals surface area (Å²) in [6.45, 7) is 3.55. The van der Waals surface area contributed by atoms with Gasteiger partial charge >= 0.3 is 0 Å². The standard InChI is InChI=1S/C20H21N3O3S/c1-14-12-19(15(2)11-18(14)26-3)27(24,25)23-17-9-10-20(21-13-17)22-16-7-5-4-6-8-16/h4-13,23H,1-3H3,(H,21,22). The van der Waals surface area contributed by atoms with E-state index in [0.717, 1.165) is 11.3 Å². The molecule has 0 fully saturated rings. The van der Waals surface area contributed by atoms with Crippen LogP contribution in [0.3, 0.4) is 0 Å². The smallest absolute Gasteiger partial charge is 0.262 e. The maximum absolute atomic E-state index is 12.8. The molecule has 0 bridgehead atoms. The van der Waals surface area contributed by atoms with Crippen molar-refractivity contribution in [3.05, 3.63) is 71.9 Å². The maximum atomic E-state index is 12.8. The lowest BCUT2D eigenvalue weighted by Crippen LogP contribution is -2.15. The number of aromatic nitrogens is 1. The van der Waals surface area contributed by atoms with Crippen molar-refractivity contribution in [2.24, 2.45) is 0 Å². The van der Waals surface area contributed by atoms with Gasteiger partial charge in [0.15, 0.2) is 0 Å². The molecule has 140 valence electrons. The number of aryl methyl sites for hydroxylation is 2. The molecule has 0 saturated carbocycles. The van der Waals surface area contributed by atoms with Crippen LogP contribution in [0.25, 0.3) is 0 Å². The molecule has 0 radical (unpaired) electrons. The zero-order valence-electron chi connectivity index (χ0n) is 15.4. The molecule has 0 aliphatic rings. The average Bonchev–Trinajstić information content (AvgIpc) is 2.65. The number of para-hydroxylation sites is 1. The number of pyridine rings is 1. The third-order valence-corrected chi connectivity index (χ3v) is 5.57. The number of nitrogens with zero attached hydrogens (tertiary/aromatic N) is 1. The first-order valence-electron chi connectivity index (χ1n) is 8.35. The van der Waals surface area contributed by atoms with Gasteiger partial charge in [0.25, 0.3) is 10.0 Å². The molecule has 6 nitrogen and oxygen atoms in total. The fourth-order valence-corrected chi connectivity index (χ4v) is 4.04. The van der Waals surface area contributed by atoms with E-state index in [1.54, 1.807) is 38.3 Å². The Morgan fingerprint density at radius 3 is 2.30 bits per heavy atom. The first-order chi connectivity index (χ1) is 12.9. The normalized spacial score (nSPS) is 11.1. The molecule has 3 aromatic rings. The zero-order chi connectivity index (χ0) is 19.4. The Hall–Kier alpha value is -3.06. The minimum atomic E-state index is -3.73. The second kappa shape index (κ2) is 7.67. The van der Waals surface area contributed by atoms with E-state index in [2.05, 4.69) is 15.0 Å². The van der Waals surface area contributed by atoms with E-state index >= 15 is 0 Å². The third-order valence-electron chi connectivity index (χ3n) is 4.04. The van der Waals surface area contributed by atoms with Crippen LogP contribution >= 0.6 is 0 Å². The van der Waals surface area contributed by atoms with Gasteiger partial charge in [-0.25, -0.2) is 13.4 Å². The minimum absolute atomic E-state index is 0.215. The Morgan fingerprint density at radius 1 is 0.926 bits per heavy atom. The summed E-state index contributed by atoms with van der Waals surface area (Å²) >= 11 is 0. The van der Waals surface area contributed by atoms with Crippen molar-refractivity contribution in [1.82, 2.24) is 4.98 Å². The lowest BCUT2D eigenvalue weighted by molar-refractivity contribution is 0.411. The molecule has 27 heavy (non-hydrogen) atoms. The van der Waals surface area contributed by atoms with Gasteiger partial charge in [-0.1, -0.05) is 18.2 Å². The molecule has 3 rings (SSSR count). The van der Waals surface area contributed by atoms with Gasteiger partial charge in [0.2, 0.25) is 0 Å². The molecule has 0 amide bonds. The van der Waals surface area contributed by atoms with E-state index in [9.17, 15) is 8.42 Å². The zero-order valence-corrected chi connectivity index (χ0v) is 16.2. The SMILES string of the molecule is COc1cc(C)c(S(=O)(=O)Nc2ccc(Nc3ccccc3)nc2)cc1C. The van der Waals surface area contributed by atoms with E-state index in [4.69, 9.17) is 4.74 Å². The number of methoxy groups -OCH3 is 1. The quantitative estimate of drug-likeness (QED) is 0.665. The Kier molecular flexibility index (Phi) is 5.32. The Balaban J connectivity index is 1.79. The molecule has 0 spiro atoms. The van der Waals surface area contributed by atoms with Crippen LogP contribution in [-0.2, 0) is 10.0 Å². The number of benzene rings is 2. The highest BCUT2D eigenvalue weighted by molar-refractivity contribution is 7.92. The molecule has 1 heterocycles. The van der Waals surface area contributed by atoms with Gasteiger partial charge in [0.1, 0.15) is 11.6 Å². The van der Waals surface area contributed by atoms with E-state index in [-0.39, 0.29) is 4.90 Å². The number of rotatable bonds is 6. The van der Waals surface area contributed by atoms with E-state index < -0.39 is 10.0 Å². The second-order valence-electron chi connectivity index (χ2n) is 6.12. The van der Waals surface area contributed by atoms with Crippen LogP contribution in [-0.4, -0.2) is 20.5 Å². The summed E-state index contributed by atoms with van der Waals surface area (Å²) in [5.41, 5.74) is 2.66. The highest BCUT2D eigenvalue weighted by Gasteiger charge is 2.19. The summed E-state index contributed by atoms with van der Waals surface area (Å²) in [5, 5.41) is 3.15. The van der Waals surface area contributed by atoms with Crippen molar-refractivity contribution in [1.29, 1.82) is 0 Å². The molecular formula is C20H21N3O3S. The molecule has 0 aliphatic carbocycles. The summed E-state index contributed by atoms with van der Waals surface area (Å²) < 4.78 is 33.3. The Bertz CT molecular complexity index is 1030. The van der Waals surface area contributed by atoms with Crippen molar-refractivity contribution in [3.63, 3.8) is 0 Å². The number of ether oxygens (including phenoxy) is 1. The van der Waals surface area contributed by atoms with Gasteiger partial charge in [0, 0.05) is 5.69 Å². The van der Waals surface area contributed by atoms with Crippen LogP contribution in [0.5, 0.6) is 5.75 Å².